The second-order valence-electron chi connectivity index (χ2n) is 7.74. The number of imidazole rings is 1. The molecule has 0 radical (unpaired) electrons. The molecule has 172 valence electrons. The van der Waals surface area contributed by atoms with Crippen molar-refractivity contribution < 1.29 is 17.6 Å². The van der Waals surface area contributed by atoms with Crippen LogP contribution < -0.4 is 5.56 Å². The van der Waals surface area contributed by atoms with Crippen molar-refractivity contribution in [1.29, 1.82) is 0 Å². The highest BCUT2D eigenvalue weighted by Crippen LogP contribution is 2.31. The predicted molar refractivity (Wildman–Crippen MR) is 118 cm³/mol. The number of halogens is 4. The highest BCUT2D eigenvalue weighted by atomic mass is 19.4. The Kier molecular flexibility index (Phi) is 5.27. The van der Waals surface area contributed by atoms with Gasteiger partial charge in [-0.2, -0.15) is 22.8 Å². The van der Waals surface area contributed by atoms with Gasteiger partial charge >= 0.3 is 6.18 Å². The summed E-state index contributed by atoms with van der Waals surface area (Å²) in [7, 11) is 0. The molecule has 6 nitrogen and oxygen atoms in total. The second-order valence-corrected chi connectivity index (χ2v) is 7.74. The Bertz CT molecular complexity index is 1480. The maximum absolute atomic E-state index is 13.4. The monoisotopic (exact) mass is 467 g/mol. The van der Waals surface area contributed by atoms with Crippen LogP contribution in [0.5, 0.6) is 0 Å². The smallest absolute Gasteiger partial charge is 0.321 e. The van der Waals surface area contributed by atoms with Crippen LogP contribution in [0.15, 0.2) is 71.7 Å². The summed E-state index contributed by atoms with van der Waals surface area (Å²) in [5.41, 5.74) is 1.87. The highest BCUT2D eigenvalue weighted by Gasteiger charge is 2.30. The van der Waals surface area contributed by atoms with Gasteiger partial charge in [0, 0.05) is 11.8 Å². The number of nitrogens with one attached hydrogen (secondary N) is 2. The number of benzene rings is 2. The molecule has 3 heterocycles. The molecule has 0 fully saturated rings. The maximum atomic E-state index is 13.4. The van der Waals surface area contributed by atoms with E-state index in [1.54, 1.807) is 30.5 Å². The van der Waals surface area contributed by atoms with Gasteiger partial charge in [0.1, 0.15) is 5.82 Å². The molecule has 0 aliphatic heterocycles. The van der Waals surface area contributed by atoms with Crippen LogP contribution in [0.4, 0.5) is 17.6 Å². The summed E-state index contributed by atoms with van der Waals surface area (Å²) in [6.07, 6.45) is -2.18. The predicted octanol–water partition coefficient (Wildman–Crippen LogP) is 5.05. The van der Waals surface area contributed by atoms with Gasteiger partial charge in [0.2, 0.25) is 5.95 Å². The topological polar surface area (TPSA) is 79.4 Å². The number of nitrogens with zero attached hydrogens (tertiary/aromatic N) is 3. The normalized spacial score (nSPS) is 11.9. The van der Waals surface area contributed by atoms with Crippen LogP contribution in [0.25, 0.3) is 28.4 Å². The zero-order chi connectivity index (χ0) is 23.9. The van der Waals surface area contributed by atoms with Gasteiger partial charge in [-0.1, -0.05) is 24.3 Å². The molecular weight excluding hydrogens is 450 g/mol. The number of H-pyrrole nitrogens is 2. The molecule has 0 amide bonds. The number of pyridine rings is 1. The Morgan fingerprint density at radius 1 is 0.941 bits per heavy atom. The Balaban J connectivity index is 1.58. The van der Waals surface area contributed by atoms with Gasteiger partial charge in [-0.25, -0.2) is 9.37 Å². The van der Waals surface area contributed by atoms with Crippen LogP contribution >= 0.6 is 0 Å². The summed E-state index contributed by atoms with van der Waals surface area (Å²) < 4.78 is 53.5. The van der Waals surface area contributed by atoms with Crippen molar-refractivity contribution in [3.8, 4) is 17.2 Å². The SMILES string of the molecule is O=c1c(CCc2ccc(F)cc2)c(-c2ccc(C(F)(F)F)cc2)[nH]n1-c1nc2ncccc2[nH]1. The molecule has 0 saturated heterocycles. The summed E-state index contributed by atoms with van der Waals surface area (Å²) in [4.78, 5) is 24.9. The van der Waals surface area contributed by atoms with Gasteiger partial charge in [-0.3, -0.25) is 9.89 Å². The molecule has 34 heavy (non-hydrogen) atoms. The molecule has 0 bridgehead atoms. The number of hydrogen-bond acceptors (Lipinski definition) is 3. The fourth-order valence-electron chi connectivity index (χ4n) is 3.78. The van der Waals surface area contributed by atoms with Crippen molar-refractivity contribution in [2.75, 3.05) is 0 Å². The number of aromatic amines is 2. The largest absolute Gasteiger partial charge is 0.416 e. The number of alkyl halides is 3. The van der Waals surface area contributed by atoms with Crippen LogP contribution in [-0.2, 0) is 19.0 Å². The van der Waals surface area contributed by atoms with E-state index >= 15 is 0 Å². The first kappa shape index (κ1) is 21.6. The van der Waals surface area contributed by atoms with E-state index in [0.717, 1.165) is 17.7 Å². The van der Waals surface area contributed by atoms with E-state index in [-0.39, 0.29) is 18.2 Å². The first-order chi connectivity index (χ1) is 16.3. The van der Waals surface area contributed by atoms with E-state index in [2.05, 4.69) is 20.1 Å². The molecular formula is C24H17F4N5O. The van der Waals surface area contributed by atoms with Crippen molar-refractivity contribution >= 4 is 11.2 Å². The zero-order valence-electron chi connectivity index (χ0n) is 17.5. The van der Waals surface area contributed by atoms with Crippen LogP contribution in [0, 0.1) is 5.82 Å². The third kappa shape index (κ3) is 4.09. The Morgan fingerprint density at radius 2 is 1.68 bits per heavy atom. The van der Waals surface area contributed by atoms with Gasteiger partial charge < -0.3 is 4.98 Å². The van der Waals surface area contributed by atoms with Crippen molar-refractivity contribution in [3.63, 3.8) is 0 Å². The molecule has 0 atom stereocenters. The van der Waals surface area contributed by atoms with E-state index < -0.39 is 17.3 Å². The van der Waals surface area contributed by atoms with E-state index in [0.29, 0.717) is 34.4 Å². The summed E-state index contributed by atoms with van der Waals surface area (Å²) in [5, 5.41) is 2.99. The highest BCUT2D eigenvalue weighted by molar-refractivity contribution is 5.71. The molecule has 2 N–H and O–H groups in total. The summed E-state index contributed by atoms with van der Waals surface area (Å²) in [6.45, 7) is 0. The minimum absolute atomic E-state index is 0.208. The van der Waals surface area contributed by atoms with Crippen LogP contribution in [0.1, 0.15) is 16.7 Å². The van der Waals surface area contributed by atoms with Crippen molar-refractivity contribution in [2.45, 2.75) is 19.0 Å². The standard InChI is InChI=1S/C24H17F4N5O/c25-17-10-3-14(4-11-17)5-12-18-20(15-6-8-16(9-7-15)24(26,27)28)32-33(22(18)34)23-30-19-2-1-13-29-21(19)31-23/h1-4,6-11,13,32H,5,12H2,(H,29,30,31). The van der Waals surface area contributed by atoms with Crippen LogP contribution in [0.2, 0.25) is 0 Å². The van der Waals surface area contributed by atoms with Gasteiger partial charge in [0.05, 0.1) is 16.8 Å². The molecule has 0 unspecified atom stereocenters. The molecule has 2 aromatic carbocycles. The molecule has 10 heteroatoms. The van der Waals surface area contributed by atoms with E-state index in [9.17, 15) is 22.4 Å². The zero-order valence-corrected chi connectivity index (χ0v) is 17.5. The van der Waals surface area contributed by atoms with Crippen LogP contribution in [-0.4, -0.2) is 24.7 Å². The summed E-state index contributed by atoms with van der Waals surface area (Å²) >= 11 is 0. The lowest BCUT2D eigenvalue weighted by Gasteiger charge is -2.08. The molecule has 3 aromatic heterocycles. The molecule has 5 rings (SSSR count). The number of hydrogen-bond donors (Lipinski definition) is 2. The average Bonchev–Trinajstić information content (AvgIpc) is 3.39. The number of aromatic nitrogens is 5. The molecule has 0 aliphatic carbocycles. The van der Waals surface area contributed by atoms with E-state index in [1.165, 1.54) is 28.9 Å². The van der Waals surface area contributed by atoms with Crippen molar-refractivity contribution in [3.05, 3.63) is 99.7 Å². The second kappa shape index (κ2) is 8.29. The molecule has 0 spiro atoms. The summed E-state index contributed by atoms with van der Waals surface area (Å²) in [6, 6.07) is 14.0. The maximum Gasteiger partial charge on any atom is 0.416 e. The van der Waals surface area contributed by atoms with Crippen molar-refractivity contribution in [2.24, 2.45) is 0 Å². The average molecular weight is 467 g/mol. The van der Waals surface area contributed by atoms with E-state index in [1.807, 2.05) is 0 Å². The third-order valence-corrected chi connectivity index (χ3v) is 5.52. The lowest BCUT2D eigenvalue weighted by Crippen LogP contribution is -2.19. The summed E-state index contributed by atoms with van der Waals surface area (Å²) in [5.74, 6) is -0.156. The van der Waals surface area contributed by atoms with Crippen LogP contribution in [0.3, 0.4) is 0 Å². The van der Waals surface area contributed by atoms with Gasteiger partial charge in [-0.05, 0) is 60.4 Å². The van der Waals surface area contributed by atoms with Gasteiger partial charge in [0.25, 0.3) is 5.56 Å². The third-order valence-electron chi connectivity index (χ3n) is 5.52. The minimum atomic E-state index is -4.47. The van der Waals surface area contributed by atoms with Gasteiger partial charge in [0.15, 0.2) is 5.65 Å². The first-order valence-corrected chi connectivity index (χ1v) is 10.4. The Hall–Kier alpha value is -4.21. The number of aryl methyl sites for hydroxylation is 1. The van der Waals surface area contributed by atoms with Gasteiger partial charge in [-0.15, -0.1) is 0 Å². The molecule has 0 saturated carbocycles. The Morgan fingerprint density at radius 3 is 2.35 bits per heavy atom. The first-order valence-electron chi connectivity index (χ1n) is 10.4. The number of fused-ring (bicyclic) bond motifs is 1. The lowest BCUT2D eigenvalue weighted by molar-refractivity contribution is -0.137. The fraction of sp³-hybridized carbons (Fsp3) is 0.125. The molecule has 5 aromatic rings. The molecule has 0 aliphatic rings. The van der Waals surface area contributed by atoms with Crippen molar-refractivity contribution in [1.82, 2.24) is 24.7 Å². The Labute approximate surface area is 189 Å². The minimum Gasteiger partial charge on any atom is -0.321 e. The quantitative estimate of drug-likeness (QED) is 0.355. The number of rotatable bonds is 5. The lowest BCUT2D eigenvalue weighted by atomic mass is 10.0. The van der Waals surface area contributed by atoms with E-state index in [4.69, 9.17) is 0 Å². The fourth-order valence-corrected chi connectivity index (χ4v) is 3.78.